The third kappa shape index (κ3) is 3.94. The van der Waals surface area contributed by atoms with E-state index in [2.05, 4.69) is 72.7 Å². The molecule has 0 amide bonds. The van der Waals surface area contributed by atoms with Crippen molar-refractivity contribution in [3.63, 3.8) is 0 Å². The van der Waals surface area contributed by atoms with Gasteiger partial charge >= 0.3 is 0 Å². The Hall–Kier alpha value is -1.11. The van der Waals surface area contributed by atoms with Crippen LogP contribution in [-0.2, 0) is 10.2 Å². The first-order valence-corrected chi connectivity index (χ1v) is 7.71. The van der Waals surface area contributed by atoms with E-state index in [-0.39, 0.29) is 16.7 Å². The maximum Gasteiger partial charge on any atom is 0.145 e. The van der Waals surface area contributed by atoms with E-state index in [4.69, 9.17) is 0 Å². The molecular weight excluding hydrogens is 244 g/mol. The Balaban J connectivity index is 3.04. The van der Waals surface area contributed by atoms with E-state index in [1.807, 2.05) is 0 Å². The minimum atomic E-state index is -0.363. The lowest BCUT2D eigenvalue weighted by Gasteiger charge is -2.32. The fraction of sp³-hybridized carbons (Fsp3) is 0.632. The predicted molar refractivity (Wildman–Crippen MR) is 87.1 cm³/mol. The number of hydrogen-bond acceptors (Lipinski definition) is 1. The molecule has 1 aromatic rings. The van der Waals surface area contributed by atoms with Crippen LogP contribution in [0.15, 0.2) is 24.3 Å². The second kappa shape index (κ2) is 6.11. The highest BCUT2D eigenvalue weighted by Crippen LogP contribution is 2.35. The van der Waals surface area contributed by atoms with Gasteiger partial charge in [-0.1, -0.05) is 64.4 Å². The summed E-state index contributed by atoms with van der Waals surface area (Å²) < 4.78 is 0. The molecule has 0 aromatic heterocycles. The average Bonchev–Trinajstić information content (AvgIpc) is 2.35. The molecule has 0 radical (unpaired) electrons. The summed E-state index contributed by atoms with van der Waals surface area (Å²) in [6.45, 7) is 15.0. The zero-order chi connectivity index (χ0) is 15.6. The van der Waals surface area contributed by atoms with Crippen molar-refractivity contribution in [3.8, 4) is 0 Å². The van der Waals surface area contributed by atoms with Crippen LogP contribution in [-0.4, -0.2) is 5.78 Å². The van der Waals surface area contributed by atoms with Crippen molar-refractivity contribution in [2.45, 2.75) is 66.7 Å². The first-order chi connectivity index (χ1) is 9.10. The third-order valence-electron chi connectivity index (χ3n) is 4.31. The van der Waals surface area contributed by atoms with Crippen molar-refractivity contribution >= 4 is 5.78 Å². The van der Waals surface area contributed by atoms with Crippen LogP contribution in [0, 0.1) is 18.3 Å². The Bertz CT molecular complexity index is 450. The fourth-order valence-electron chi connectivity index (χ4n) is 3.00. The Morgan fingerprint density at radius 3 is 2.00 bits per heavy atom. The second-order valence-electron chi connectivity index (χ2n) is 7.58. The second-order valence-corrected chi connectivity index (χ2v) is 7.58. The van der Waals surface area contributed by atoms with Crippen LogP contribution in [0.5, 0.6) is 0 Å². The molecule has 0 aliphatic heterocycles. The predicted octanol–water partition coefficient (Wildman–Crippen LogP) is 5.30. The van der Waals surface area contributed by atoms with Gasteiger partial charge in [-0.25, -0.2) is 0 Å². The summed E-state index contributed by atoms with van der Waals surface area (Å²) in [5.74, 6) is 0.472. The van der Waals surface area contributed by atoms with Gasteiger partial charge in [0.25, 0.3) is 0 Å². The smallest absolute Gasteiger partial charge is 0.145 e. The van der Waals surface area contributed by atoms with Crippen molar-refractivity contribution in [2.24, 2.45) is 11.3 Å². The number of carbonyl (C=O) groups is 1. The van der Waals surface area contributed by atoms with E-state index in [1.54, 1.807) is 0 Å². The van der Waals surface area contributed by atoms with Gasteiger partial charge in [-0.15, -0.1) is 0 Å². The first kappa shape index (κ1) is 16.9. The topological polar surface area (TPSA) is 17.1 Å². The highest BCUT2D eigenvalue weighted by Gasteiger charge is 2.37. The van der Waals surface area contributed by atoms with Gasteiger partial charge in [0, 0.05) is 5.92 Å². The first-order valence-electron chi connectivity index (χ1n) is 7.71. The Labute approximate surface area is 124 Å². The Morgan fingerprint density at radius 2 is 1.60 bits per heavy atom. The quantitative estimate of drug-likeness (QED) is 0.711. The van der Waals surface area contributed by atoms with Crippen molar-refractivity contribution in [2.75, 3.05) is 0 Å². The van der Waals surface area contributed by atoms with Gasteiger partial charge in [0.2, 0.25) is 0 Å². The van der Waals surface area contributed by atoms with Crippen LogP contribution < -0.4 is 0 Å². The molecule has 112 valence electrons. The van der Waals surface area contributed by atoms with Crippen molar-refractivity contribution in [1.82, 2.24) is 0 Å². The van der Waals surface area contributed by atoms with Crippen molar-refractivity contribution in [3.05, 3.63) is 35.4 Å². The molecule has 0 bridgehead atoms. The molecule has 0 N–H and O–H groups in total. The van der Waals surface area contributed by atoms with Crippen LogP contribution in [0.3, 0.4) is 0 Å². The van der Waals surface area contributed by atoms with E-state index in [9.17, 15) is 4.79 Å². The number of rotatable bonds is 5. The highest BCUT2D eigenvalue weighted by molar-refractivity contribution is 5.91. The lowest BCUT2D eigenvalue weighted by atomic mass is 9.70. The van der Waals surface area contributed by atoms with Gasteiger partial charge < -0.3 is 0 Å². The molecule has 1 heteroatoms. The Kier molecular flexibility index (Phi) is 5.18. The van der Waals surface area contributed by atoms with Crippen LogP contribution in [0.1, 0.15) is 65.5 Å². The molecule has 1 aromatic carbocycles. The van der Waals surface area contributed by atoms with E-state index < -0.39 is 0 Å². The number of ketones is 1. The molecule has 0 fully saturated rings. The molecule has 1 nitrogen and oxygen atoms in total. The molecule has 0 saturated heterocycles. The molecular formula is C19H30O. The largest absolute Gasteiger partial charge is 0.298 e. The van der Waals surface area contributed by atoms with Crippen LogP contribution in [0.25, 0.3) is 0 Å². The molecule has 0 heterocycles. The summed E-state index contributed by atoms with van der Waals surface area (Å²) in [6.07, 6.45) is 1.79. The fourth-order valence-corrected chi connectivity index (χ4v) is 3.00. The Morgan fingerprint density at radius 1 is 1.10 bits per heavy atom. The van der Waals surface area contributed by atoms with Crippen molar-refractivity contribution < 1.29 is 4.79 Å². The normalized spacial score (nSPS) is 16.6. The molecule has 0 spiro atoms. The number of benzene rings is 1. The van der Waals surface area contributed by atoms with E-state index in [0.717, 1.165) is 18.4 Å². The lowest BCUT2D eigenvalue weighted by Crippen LogP contribution is -2.37. The van der Waals surface area contributed by atoms with Gasteiger partial charge in [-0.3, -0.25) is 4.79 Å². The van der Waals surface area contributed by atoms with Crippen molar-refractivity contribution in [1.29, 1.82) is 0 Å². The zero-order valence-electron chi connectivity index (χ0n) is 14.2. The van der Waals surface area contributed by atoms with E-state index in [1.165, 1.54) is 5.56 Å². The number of carbonyl (C=O) groups excluding carboxylic acids is 1. The van der Waals surface area contributed by atoms with Gasteiger partial charge in [0.1, 0.15) is 5.78 Å². The van der Waals surface area contributed by atoms with Gasteiger partial charge in [-0.2, -0.15) is 0 Å². The molecule has 2 unspecified atom stereocenters. The summed E-state index contributed by atoms with van der Waals surface area (Å²) in [6, 6.07) is 8.43. The monoisotopic (exact) mass is 274 g/mol. The summed E-state index contributed by atoms with van der Waals surface area (Å²) in [5, 5.41) is 0. The third-order valence-corrected chi connectivity index (χ3v) is 4.31. The minimum Gasteiger partial charge on any atom is -0.298 e. The number of aryl methyl sites for hydroxylation is 1. The minimum absolute atomic E-state index is 0.0984. The molecule has 0 aliphatic carbocycles. The molecule has 20 heavy (non-hydrogen) atoms. The molecule has 2 atom stereocenters. The summed E-state index contributed by atoms with van der Waals surface area (Å²) >= 11 is 0. The van der Waals surface area contributed by atoms with E-state index in [0.29, 0.717) is 5.78 Å². The van der Waals surface area contributed by atoms with Crippen LogP contribution >= 0.6 is 0 Å². The summed E-state index contributed by atoms with van der Waals surface area (Å²) in [4.78, 5) is 13.0. The number of Topliss-reactive ketones (excluding diaryl/α,β-unsaturated/α-hetero) is 1. The lowest BCUT2D eigenvalue weighted by molar-refractivity contribution is -0.128. The summed E-state index contributed by atoms with van der Waals surface area (Å²) in [5.41, 5.74) is 2.22. The number of hydrogen-bond donors (Lipinski definition) is 0. The van der Waals surface area contributed by atoms with Gasteiger partial charge in [0.05, 0.1) is 5.41 Å². The SMILES string of the molecule is CCC(C)(C(=O)C(C)CC(C)(C)C)c1ccc(C)cc1. The maximum atomic E-state index is 13.0. The van der Waals surface area contributed by atoms with Gasteiger partial charge in [-0.05, 0) is 37.7 Å². The van der Waals surface area contributed by atoms with E-state index >= 15 is 0 Å². The highest BCUT2D eigenvalue weighted by atomic mass is 16.1. The van der Waals surface area contributed by atoms with Gasteiger partial charge in [0.15, 0.2) is 0 Å². The standard InChI is InChI=1S/C19H30O/c1-8-19(7,16-11-9-14(2)10-12-16)17(20)15(3)13-18(4,5)6/h9-12,15H,8,13H2,1-7H3. The maximum absolute atomic E-state index is 13.0. The molecule has 0 aliphatic rings. The summed E-state index contributed by atoms with van der Waals surface area (Å²) in [7, 11) is 0. The van der Waals surface area contributed by atoms with Crippen LogP contribution in [0.2, 0.25) is 0 Å². The molecule has 1 rings (SSSR count). The molecule has 0 saturated carbocycles. The van der Waals surface area contributed by atoms with Crippen LogP contribution in [0.4, 0.5) is 0 Å². The zero-order valence-corrected chi connectivity index (χ0v) is 14.2. The average molecular weight is 274 g/mol.